The molecule has 2 aromatic rings. The van der Waals surface area contributed by atoms with Crippen molar-refractivity contribution in [3.8, 4) is 5.75 Å². The van der Waals surface area contributed by atoms with Crippen LogP contribution in [0.15, 0.2) is 18.2 Å². The van der Waals surface area contributed by atoms with E-state index < -0.39 is 0 Å². The number of rotatable bonds is 3. The Morgan fingerprint density at radius 1 is 1.40 bits per heavy atom. The van der Waals surface area contributed by atoms with Crippen molar-refractivity contribution in [3.05, 3.63) is 24.0 Å². The van der Waals surface area contributed by atoms with E-state index in [0.29, 0.717) is 6.61 Å². The minimum absolute atomic E-state index is 0.445. The van der Waals surface area contributed by atoms with Crippen molar-refractivity contribution in [1.29, 1.82) is 0 Å². The molecule has 1 aromatic heterocycles. The zero-order valence-electron chi connectivity index (χ0n) is 8.60. The number of benzene rings is 1. The summed E-state index contributed by atoms with van der Waals surface area (Å²) in [6, 6.07) is 5.68. The van der Waals surface area contributed by atoms with Gasteiger partial charge in [-0.25, -0.2) is 4.98 Å². The number of hydrogen-bond acceptors (Lipinski definition) is 4. The molecule has 0 amide bonds. The zero-order valence-corrected chi connectivity index (χ0v) is 9.49. The molecule has 4 nitrogen and oxygen atoms in total. The average molecular weight is 224 g/mol. The number of hydrogen-bond donors (Lipinski definition) is 1. The van der Waals surface area contributed by atoms with Crippen molar-refractivity contribution < 1.29 is 9.47 Å². The van der Waals surface area contributed by atoms with Crippen molar-refractivity contribution in [1.82, 2.24) is 8.96 Å². The third kappa shape index (κ3) is 1.80. The van der Waals surface area contributed by atoms with E-state index in [4.69, 9.17) is 9.47 Å². The van der Waals surface area contributed by atoms with Crippen molar-refractivity contribution in [2.24, 2.45) is 0 Å². The summed E-state index contributed by atoms with van der Waals surface area (Å²) in [5, 5.41) is 0. The zero-order chi connectivity index (χ0) is 10.8. The summed E-state index contributed by atoms with van der Waals surface area (Å²) in [5.74, 6) is 1.57. The van der Waals surface area contributed by atoms with E-state index in [1.165, 1.54) is 0 Å². The van der Waals surface area contributed by atoms with Gasteiger partial charge in [0.2, 0.25) is 0 Å². The molecule has 5 heteroatoms. The lowest BCUT2D eigenvalue weighted by atomic mass is 10.3. The van der Waals surface area contributed by atoms with Crippen LogP contribution in [0.4, 0.5) is 0 Å². The highest BCUT2D eigenvalue weighted by atomic mass is 32.1. The minimum atomic E-state index is 0.445. The molecule has 1 aromatic carbocycles. The van der Waals surface area contributed by atoms with Gasteiger partial charge in [0.1, 0.15) is 18.2 Å². The van der Waals surface area contributed by atoms with Gasteiger partial charge in [-0.3, -0.25) is 3.97 Å². The molecule has 0 unspecified atom stereocenters. The molecular formula is C10H12N2O2S. The summed E-state index contributed by atoms with van der Waals surface area (Å²) in [6.07, 6.45) is 0. The molecule has 0 atom stereocenters. The molecule has 80 valence electrons. The van der Waals surface area contributed by atoms with E-state index in [0.717, 1.165) is 22.6 Å². The van der Waals surface area contributed by atoms with E-state index in [9.17, 15) is 0 Å². The summed E-state index contributed by atoms with van der Waals surface area (Å²) in [7, 11) is 3.27. The summed E-state index contributed by atoms with van der Waals surface area (Å²) in [6.45, 7) is 0.445. The van der Waals surface area contributed by atoms with Crippen LogP contribution in [-0.4, -0.2) is 23.2 Å². The van der Waals surface area contributed by atoms with Crippen LogP contribution in [0.5, 0.6) is 5.75 Å². The van der Waals surface area contributed by atoms with E-state index in [2.05, 4.69) is 17.8 Å². The number of methoxy groups -OCH3 is 2. The fourth-order valence-corrected chi connectivity index (χ4v) is 1.72. The van der Waals surface area contributed by atoms with Gasteiger partial charge < -0.3 is 9.47 Å². The topological polar surface area (TPSA) is 36.3 Å². The molecule has 0 aliphatic heterocycles. The first-order valence-electron chi connectivity index (χ1n) is 4.50. The highest BCUT2D eigenvalue weighted by Gasteiger charge is 2.08. The Bertz CT molecular complexity index is 481. The molecule has 0 spiro atoms. The van der Waals surface area contributed by atoms with Gasteiger partial charge >= 0.3 is 0 Å². The molecule has 0 fully saturated rings. The Kier molecular flexibility index (Phi) is 2.83. The fraction of sp³-hybridized carbons (Fsp3) is 0.300. The molecule has 0 saturated carbocycles. The predicted molar refractivity (Wildman–Crippen MR) is 61.4 cm³/mol. The molecule has 0 N–H and O–H groups in total. The van der Waals surface area contributed by atoms with E-state index in [-0.39, 0.29) is 0 Å². The van der Waals surface area contributed by atoms with Crippen molar-refractivity contribution in [3.63, 3.8) is 0 Å². The minimum Gasteiger partial charge on any atom is -0.497 e. The first-order valence-corrected chi connectivity index (χ1v) is 4.90. The van der Waals surface area contributed by atoms with Gasteiger partial charge in [0.15, 0.2) is 0 Å². The Morgan fingerprint density at radius 2 is 2.20 bits per heavy atom. The van der Waals surface area contributed by atoms with Gasteiger partial charge in [-0.2, -0.15) is 0 Å². The Hall–Kier alpha value is -1.20. The standard InChI is InChI=1S/C10H12N2O2S/c1-13-6-10-11-8-5-7(14-2)3-4-9(8)12(10)15/h3-5,15H,6H2,1-2H3. The van der Waals surface area contributed by atoms with Crippen LogP contribution in [0.25, 0.3) is 11.0 Å². The second-order valence-electron chi connectivity index (χ2n) is 3.13. The highest BCUT2D eigenvalue weighted by molar-refractivity contribution is 7.78. The molecule has 0 aliphatic rings. The average Bonchev–Trinajstić information content (AvgIpc) is 2.56. The molecule has 1 heterocycles. The van der Waals surface area contributed by atoms with Crippen LogP contribution in [0.2, 0.25) is 0 Å². The monoisotopic (exact) mass is 224 g/mol. The Labute approximate surface area is 93.4 Å². The van der Waals surface area contributed by atoms with E-state index in [1.807, 2.05) is 18.2 Å². The van der Waals surface area contributed by atoms with Crippen molar-refractivity contribution >= 4 is 23.8 Å². The first-order chi connectivity index (χ1) is 7.26. The second kappa shape index (κ2) is 4.12. The molecule has 15 heavy (non-hydrogen) atoms. The van der Waals surface area contributed by atoms with Gasteiger partial charge in [-0.15, -0.1) is 0 Å². The van der Waals surface area contributed by atoms with Gasteiger partial charge in [0.25, 0.3) is 0 Å². The third-order valence-electron chi connectivity index (χ3n) is 2.18. The fourth-order valence-electron chi connectivity index (χ4n) is 1.45. The van der Waals surface area contributed by atoms with Gasteiger partial charge in [0, 0.05) is 13.2 Å². The summed E-state index contributed by atoms with van der Waals surface area (Å²) < 4.78 is 11.9. The molecule has 0 radical (unpaired) electrons. The van der Waals surface area contributed by atoms with Gasteiger partial charge in [0.05, 0.1) is 18.1 Å². The Morgan fingerprint density at radius 3 is 2.87 bits per heavy atom. The predicted octanol–water partition coefficient (Wildman–Crippen LogP) is 1.88. The maximum atomic E-state index is 5.13. The molecule has 0 aliphatic carbocycles. The van der Waals surface area contributed by atoms with E-state index in [1.54, 1.807) is 18.2 Å². The van der Waals surface area contributed by atoms with E-state index >= 15 is 0 Å². The van der Waals surface area contributed by atoms with Gasteiger partial charge in [-0.1, -0.05) is 12.8 Å². The van der Waals surface area contributed by atoms with Gasteiger partial charge in [-0.05, 0) is 12.1 Å². The molecule has 2 rings (SSSR count). The SMILES string of the molecule is COCc1nc2cc(OC)ccc2n1S. The number of fused-ring (bicyclic) bond motifs is 1. The summed E-state index contributed by atoms with van der Waals surface area (Å²) >= 11 is 4.35. The van der Waals surface area contributed by atoms with Crippen molar-refractivity contribution in [2.75, 3.05) is 14.2 Å². The highest BCUT2D eigenvalue weighted by Crippen LogP contribution is 2.22. The summed E-state index contributed by atoms with van der Waals surface area (Å²) in [4.78, 5) is 4.39. The lowest BCUT2D eigenvalue weighted by Gasteiger charge is -1.99. The molecule has 0 bridgehead atoms. The maximum Gasteiger partial charge on any atom is 0.145 e. The third-order valence-corrected chi connectivity index (χ3v) is 2.62. The summed E-state index contributed by atoms with van der Waals surface area (Å²) in [5.41, 5.74) is 1.81. The Balaban J connectivity index is 2.55. The smallest absolute Gasteiger partial charge is 0.145 e. The first kappa shape index (κ1) is 10.3. The van der Waals surface area contributed by atoms with Crippen molar-refractivity contribution in [2.45, 2.75) is 6.61 Å². The van der Waals surface area contributed by atoms with Crippen LogP contribution < -0.4 is 4.74 Å². The number of thiol groups is 1. The maximum absolute atomic E-state index is 5.13. The molecule has 0 saturated heterocycles. The van der Waals surface area contributed by atoms with Crippen LogP contribution >= 0.6 is 12.8 Å². The van der Waals surface area contributed by atoms with Crippen LogP contribution in [0, 0.1) is 0 Å². The second-order valence-corrected chi connectivity index (χ2v) is 3.53. The van der Waals surface area contributed by atoms with Crippen LogP contribution in [-0.2, 0) is 11.3 Å². The van der Waals surface area contributed by atoms with Crippen LogP contribution in [0.1, 0.15) is 5.82 Å². The lowest BCUT2D eigenvalue weighted by Crippen LogP contribution is -1.94. The van der Waals surface area contributed by atoms with Crippen LogP contribution in [0.3, 0.4) is 0 Å². The number of ether oxygens (including phenoxy) is 2. The normalized spacial score (nSPS) is 10.9. The molecular weight excluding hydrogens is 212 g/mol. The largest absolute Gasteiger partial charge is 0.497 e. The lowest BCUT2D eigenvalue weighted by molar-refractivity contribution is 0.178. The number of imidazole rings is 1. The number of aromatic nitrogens is 2. The quantitative estimate of drug-likeness (QED) is 0.809. The number of nitrogens with zero attached hydrogens (tertiary/aromatic N) is 2.